The van der Waals surface area contributed by atoms with Crippen molar-refractivity contribution in [3.05, 3.63) is 47.8 Å². The lowest BCUT2D eigenvalue weighted by Crippen LogP contribution is -2.41. The van der Waals surface area contributed by atoms with Gasteiger partial charge in [0.1, 0.15) is 11.7 Å². The van der Waals surface area contributed by atoms with Crippen molar-refractivity contribution in [1.29, 1.82) is 0 Å². The minimum Gasteiger partial charge on any atom is -0.368 e. The molecule has 152 valence electrons. The maximum Gasteiger partial charge on any atom is 0.418 e. The quantitative estimate of drug-likeness (QED) is 0.577. The Kier molecular flexibility index (Phi) is 4.25. The molecule has 2 unspecified atom stereocenters. The third-order valence-corrected chi connectivity index (χ3v) is 4.82. The molecule has 2 aromatic rings. The highest BCUT2D eigenvalue weighted by Crippen LogP contribution is 2.43. The molecular formula is C15H14N6O7S. The topological polar surface area (TPSA) is 177 Å². The average molecular weight is 422 g/mol. The zero-order chi connectivity index (χ0) is 20.9. The molecule has 0 saturated carbocycles. The number of rotatable bonds is 4. The standard InChI is InChI=1S/C15H14N6O7S/c16-13(22)12-11-9(10-7-19(12)15(24)21(10)28-29(25,26)27)6-20(18-11)14(23)17-8-4-2-1-3-5-8/h1-6,10,12H,7H2,(H2,16,22)(H,17,23)(H,25,26,27). The van der Waals surface area contributed by atoms with E-state index < -0.39 is 40.5 Å². The number of fused-ring (bicyclic) bond motifs is 4. The molecule has 1 saturated heterocycles. The summed E-state index contributed by atoms with van der Waals surface area (Å²) in [6.07, 6.45) is 1.24. The molecule has 4 rings (SSSR count). The van der Waals surface area contributed by atoms with E-state index in [0.29, 0.717) is 10.8 Å². The molecule has 29 heavy (non-hydrogen) atoms. The molecular weight excluding hydrogens is 408 g/mol. The molecule has 0 radical (unpaired) electrons. The highest BCUT2D eigenvalue weighted by atomic mass is 32.3. The maximum absolute atomic E-state index is 12.5. The molecule has 1 fully saturated rings. The van der Waals surface area contributed by atoms with Crippen LogP contribution in [-0.4, -0.2) is 57.2 Å². The monoisotopic (exact) mass is 422 g/mol. The zero-order valence-electron chi connectivity index (χ0n) is 14.5. The van der Waals surface area contributed by atoms with Gasteiger partial charge in [-0.3, -0.25) is 9.35 Å². The van der Waals surface area contributed by atoms with Gasteiger partial charge in [-0.05, 0) is 12.1 Å². The van der Waals surface area contributed by atoms with Gasteiger partial charge in [0.15, 0.2) is 6.04 Å². The summed E-state index contributed by atoms with van der Waals surface area (Å²) in [5, 5.41) is 7.07. The highest BCUT2D eigenvalue weighted by molar-refractivity contribution is 7.80. The van der Waals surface area contributed by atoms with Crippen LogP contribution in [0.15, 0.2) is 36.5 Å². The Morgan fingerprint density at radius 1 is 1.28 bits per heavy atom. The van der Waals surface area contributed by atoms with Crippen molar-refractivity contribution in [2.45, 2.75) is 12.1 Å². The Morgan fingerprint density at radius 2 is 1.97 bits per heavy atom. The van der Waals surface area contributed by atoms with E-state index in [1.807, 2.05) is 0 Å². The lowest BCUT2D eigenvalue weighted by Gasteiger charge is -2.26. The van der Waals surface area contributed by atoms with Gasteiger partial charge < -0.3 is 16.0 Å². The fraction of sp³-hybridized carbons (Fsp3) is 0.200. The van der Waals surface area contributed by atoms with Gasteiger partial charge in [0.2, 0.25) is 5.91 Å². The van der Waals surface area contributed by atoms with E-state index in [1.165, 1.54) is 6.20 Å². The van der Waals surface area contributed by atoms with Gasteiger partial charge in [-0.25, -0.2) is 9.59 Å². The van der Waals surface area contributed by atoms with Crippen molar-refractivity contribution >= 4 is 34.1 Å². The first-order valence-electron chi connectivity index (χ1n) is 8.18. The smallest absolute Gasteiger partial charge is 0.368 e. The number of aromatic nitrogens is 2. The largest absolute Gasteiger partial charge is 0.418 e. The number of primary amides is 1. The SMILES string of the molecule is NC(=O)C1c2nn(C(=O)Nc3ccccc3)cc2C2CN1C(=O)N2OS(=O)(=O)O. The molecule has 1 aromatic heterocycles. The predicted molar refractivity (Wildman–Crippen MR) is 94.3 cm³/mol. The summed E-state index contributed by atoms with van der Waals surface area (Å²) in [5.41, 5.74) is 6.08. The van der Waals surface area contributed by atoms with Crippen molar-refractivity contribution < 1.29 is 31.6 Å². The molecule has 0 aliphatic carbocycles. The van der Waals surface area contributed by atoms with Crippen molar-refractivity contribution in [3.8, 4) is 0 Å². The maximum atomic E-state index is 12.5. The second-order valence-corrected chi connectivity index (χ2v) is 7.30. The minimum atomic E-state index is -5.01. The number of hydrogen-bond donors (Lipinski definition) is 3. The van der Waals surface area contributed by atoms with Crippen molar-refractivity contribution in [3.63, 3.8) is 0 Å². The lowest BCUT2D eigenvalue weighted by molar-refractivity contribution is -0.122. The Morgan fingerprint density at radius 3 is 2.59 bits per heavy atom. The summed E-state index contributed by atoms with van der Waals surface area (Å²) in [4.78, 5) is 37.9. The fourth-order valence-corrected chi connectivity index (χ4v) is 3.71. The van der Waals surface area contributed by atoms with Crippen LogP contribution in [0.4, 0.5) is 15.3 Å². The number of benzene rings is 1. The van der Waals surface area contributed by atoms with Crippen LogP contribution in [0.3, 0.4) is 0 Å². The molecule has 2 aliphatic rings. The number of carbonyl (C=O) groups is 3. The van der Waals surface area contributed by atoms with Crippen LogP contribution in [0.25, 0.3) is 0 Å². The molecule has 13 nitrogen and oxygen atoms in total. The first kappa shape index (κ1) is 18.9. The number of urea groups is 1. The van der Waals surface area contributed by atoms with Crippen LogP contribution < -0.4 is 11.1 Å². The Balaban J connectivity index is 1.72. The van der Waals surface area contributed by atoms with Crippen LogP contribution >= 0.6 is 0 Å². The van der Waals surface area contributed by atoms with Gasteiger partial charge in [-0.1, -0.05) is 18.2 Å². The number of amides is 4. The van der Waals surface area contributed by atoms with E-state index in [2.05, 4.69) is 14.7 Å². The Hall–Kier alpha value is -3.49. The lowest BCUT2D eigenvalue weighted by atomic mass is 9.98. The second-order valence-electron chi connectivity index (χ2n) is 6.29. The minimum absolute atomic E-state index is 0.00625. The predicted octanol–water partition coefficient (Wildman–Crippen LogP) is 0.0164. The third-order valence-electron chi connectivity index (χ3n) is 4.47. The zero-order valence-corrected chi connectivity index (χ0v) is 15.3. The highest BCUT2D eigenvalue weighted by Gasteiger charge is 2.53. The second kappa shape index (κ2) is 6.54. The fourth-order valence-electron chi connectivity index (χ4n) is 3.34. The molecule has 2 atom stereocenters. The molecule has 4 N–H and O–H groups in total. The van der Waals surface area contributed by atoms with Crippen molar-refractivity contribution in [2.24, 2.45) is 5.73 Å². The third kappa shape index (κ3) is 3.28. The number of nitrogens with two attached hydrogens (primary N) is 1. The summed E-state index contributed by atoms with van der Waals surface area (Å²) >= 11 is 0. The van der Waals surface area contributed by atoms with E-state index in [4.69, 9.17) is 10.3 Å². The van der Waals surface area contributed by atoms with Crippen LogP contribution in [-0.2, 0) is 19.5 Å². The molecule has 4 amide bonds. The van der Waals surface area contributed by atoms with E-state index in [-0.39, 0.29) is 17.8 Å². The summed E-state index contributed by atoms with van der Waals surface area (Å²) in [6, 6.07) is 4.49. The van der Waals surface area contributed by atoms with Gasteiger partial charge in [0.05, 0.1) is 6.54 Å². The molecule has 3 heterocycles. The van der Waals surface area contributed by atoms with E-state index >= 15 is 0 Å². The summed E-state index contributed by atoms with van der Waals surface area (Å²) < 4.78 is 36.4. The van der Waals surface area contributed by atoms with Gasteiger partial charge >= 0.3 is 22.5 Å². The number of hydrogen-bond acceptors (Lipinski definition) is 7. The van der Waals surface area contributed by atoms with Crippen molar-refractivity contribution in [2.75, 3.05) is 11.9 Å². The van der Waals surface area contributed by atoms with Crippen molar-refractivity contribution in [1.82, 2.24) is 19.7 Å². The van der Waals surface area contributed by atoms with E-state index in [9.17, 15) is 22.8 Å². The number of para-hydroxylation sites is 1. The van der Waals surface area contributed by atoms with Gasteiger partial charge in [0, 0.05) is 17.4 Å². The molecule has 14 heteroatoms. The van der Waals surface area contributed by atoms with Crippen LogP contribution in [0.1, 0.15) is 23.3 Å². The van der Waals surface area contributed by atoms with Crippen LogP contribution in [0, 0.1) is 0 Å². The first-order chi connectivity index (χ1) is 13.7. The van der Waals surface area contributed by atoms with Gasteiger partial charge in [-0.2, -0.15) is 23.3 Å². The molecule has 1 aromatic carbocycles. The van der Waals surface area contributed by atoms with Crippen LogP contribution in [0.2, 0.25) is 0 Å². The summed E-state index contributed by atoms with van der Waals surface area (Å²) in [5.74, 6) is -0.930. The summed E-state index contributed by atoms with van der Waals surface area (Å²) in [6.45, 7) is -0.152. The first-order valence-corrected chi connectivity index (χ1v) is 9.54. The Bertz CT molecular complexity index is 1120. The number of hydroxylamine groups is 2. The van der Waals surface area contributed by atoms with E-state index in [1.54, 1.807) is 30.3 Å². The number of nitrogens with zero attached hydrogens (tertiary/aromatic N) is 4. The summed E-state index contributed by atoms with van der Waals surface area (Å²) in [7, 11) is -5.01. The van der Waals surface area contributed by atoms with Crippen LogP contribution in [0.5, 0.6) is 0 Å². The Labute approximate surface area is 163 Å². The molecule has 2 aliphatic heterocycles. The van der Waals surface area contributed by atoms with E-state index in [0.717, 1.165) is 9.58 Å². The number of carbonyl (C=O) groups excluding carboxylic acids is 3. The number of anilines is 1. The molecule has 2 bridgehead atoms. The normalized spacial score (nSPS) is 20.5. The average Bonchev–Trinajstić information content (AvgIpc) is 3.19. The number of nitrogens with one attached hydrogen (secondary N) is 1. The van der Waals surface area contributed by atoms with Gasteiger partial charge in [-0.15, -0.1) is 4.28 Å². The molecule has 0 spiro atoms. The van der Waals surface area contributed by atoms with Gasteiger partial charge in [0.25, 0.3) is 0 Å².